The van der Waals surface area contributed by atoms with Crippen molar-refractivity contribution in [2.75, 3.05) is 0 Å². The normalized spacial score (nSPS) is 15.2. The van der Waals surface area contributed by atoms with E-state index in [9.17, 15) is 0 Å². The van der Waals surface area contributed by atoms with Crippen molar-refractivity contribution in [3.63, 3.8) is 0 Å². The Morgan fingerprint density at radius 1 is 1.33 bits per heavy atom. The van der Waals surface area contributed by atoms with Gasteiger partial charge in [0, 0.05) is 11.3 Å². The van der Waals surface area contributed by atoms with Crippen LogP contribution in [0, 0.1) is 0 Å². The van der Waals surface area contributed by atoms with Crippen molar-refractivity contribution in [1.82, 2.24) is 0 Å². The van der Waals surface area contributed by atoms with Gasteiger partial charge in [-0.25, -0.2) is 0 Å². The van der Waals surface area contributed by atoms with Crippen molar-refractivity contribution in [2.24, 2.45) is 5.73 Å². The molecule has 2 unspecified atom stereocenters. The van der Waals surface area contributed by atoms with Crippen molar-refractivity contribution in [2.45, 2.75) is 11.3 Å². The Morgan fingerprint density at radius 3 is 2.42 bits per heavy atom. The van der Waals surface area contributed by atoms with E-state index in [1.54, 1.807) is 6.08 Å². The molecular weight excluding hydrogens is 166 g/mol. The molecule has 2 N–H and O–H groups in total. The molecule has 0 aliphatic rings. The standard InChI is InChI=1S/C10H13NS/c1-2-9(12)10(11)8-6-4-3-5-7-8/h2-7,9-10,12H,1,11H2. The first-order valence-electron chi connectivity index (χ1n) is 3.87. The summed E-state index contributed by atoms with van der Waals surface area (Å²) in [4.78, 5) is 0. The molecule has 0 heterocycles. The molecule has 1 aromatic rings. The third-order valence-electron chi connectivity index (χ3n) is 1.79. The van der Waals surface area contributed by atoms with Crippen molar-refractivity contribution in [1.29, 1.82) is 0 Å². The first-order valence-corrected chi connectivity index (χ1v) is 4.38. The van der Waals surface area contributed by atoms with Gasteiger partial charge >= 0.3 is 0 Å². The fourth-order valence-corrected chi connectivity index (χ4v) is 1.19. The number of rotatable bonds is 3. The molecule has 0 aliphatic carbocycles. The number of hydrogen-bond acceptors (Lipinski definition) is 2. The van der Waals surface area contributed by atoms with Gasteiger partial charge in [-0.1, -0.05) is 36.4 Å². The second-order valence-electron chi connectivity index (χ2n) is 2.66. The highest BCUT2D eigenvalue weighted by molar-refractivity contribution is 7.81. The molecule has 0 spiro atoms. The molecule has 12 heavy (non-hydrogen) atoms. The lowest BCUT2D eigenvalue weighted by atomic mass is 10.0. The van der Waals surface area contributed by atoms with Gasteiger partial charge in [0.05, 0.1) is 0 Å². The molecule has 0 saturated carbocycles. The van der Waals surface area contributed by atoms with Crippen LogP contribution in [0.2, 0.25) is 0 Å². The van der Waals surface area contributed by atoms with Crippen LogP contribution in [0.3, 0.4) is 0 Å². The molecule has 0 radical (unpaired) electrons. The minimum Gasteiger partial charge on any atom is -0.323 e. The average Bonchev–Trinajstić information content (AvgIpc) is 2.17. The summed E-state index contributed by atoms with van der Waals surface area (Å²) in [5.41, 5.74) is 7.00. The number of thiol groups is 1. The van der Waals surface area contributed by atoms with Crippen molar-refractivity contribution in [3.05, 3.63) is 48.6 Å². The van der Waals surface area contributed by atoms with E-state index in [2.05, 4.69) is 19.2 Å². The molecule has 0 aromatic heterocycles. The summed E-state index contributed by atoms with van der Waals surface area (Å²) in [6.07, 6.45) is 1.75. The van der Waals surface area contributed by atoms with E-state index in [1.807, 2.05) is 30.3 Å². The summed E-state index contributed by atoms with van der Waals surface area (Å²) in [5, 5.41) is 0.0207. The van der Waals surface area contributed by atoms with Crippen LogP contribution in [0.25, 0.3) is 0 Å². The summed E-state index contributed by atoms with van der Waals surface area (Å²) < 4.78 is 0. The predicted molar refractivity (Wildman–Crippen MR) is 56.3 cm³/mol. The lowest BCUT2D eigenvalue weighted by Crippen LogP contribution is -2.19. The Labute approximate surface area is 78.7 Å². The van der Waals surface area contributed by atoms with E-state index in [4.69, 9.17) is 5.73 Å². The van der Waals surface area contributed by atoms with Gasteiger partial charge in [0.15, 0.2) is 0 Å². The Bertz CT molecular complexity index is 245. The minimum absolute atomic E-state index is 0.0207. The maximum absolute atomic E-state index is 5.90. The topological polar surface area (TPSA) is 26.0 Å². The van der Waals surface area contributed by atoms with E-state index in [-0.39, 0.29) is 11.3 Å². The van der Waals surface area contributed by atoms with Crippen molar-refractivity contribution >= 4 is 12.6 Å². The molecule has 64 valence electrons. The Balaban J connectivity index is 2.78. The third-order valence-corrected chi connectivity index (χ3v) is 2.33. The fraction of sp³-hybridized carbons (Fsp3) is 0.200. The minimum atomic E-state index is -0.0629. The van der Waals surface area contributed by atoms with Crippen LogP contribution in [0.15, 0.2) is 43.0 Å². The summed E-state index contributed by atoms with van der Waals surface area (Å²) in [6, 6.07) is 9.84. The lowest BCUT2D eigenvalue weighted by Gasteiger charge is -2.15. The molecule has 0 bridgehead atoms. The molecule has 0 saturated heterocycles. The second kappa shape index (κ2) is 4.33. The van der Waals surface area contributed by atoms with Gasteiger partial charge in [-0.15, -0.1) is 6.58 Å². The number of hydrogen-bond donors (Lipinski definition) is 2. The molecule has 0 amide bonds. The van der Waals surface area contributed by atoms with Gasteiger partial charge in [0.2, 0.25) is 0 Å². The fourth-order valence-electron chi connectivity index (χ4n) is 1.02. The quantitative estimate of drug-likeness (QED) is 0.540. The maximum Gasteiger partial charge on any atom is 0.0448 e. The van der Waals surface area contributed by atoms with Crippen LogP contribution < -0.4 is 5.73 Å². The van der Waals surface area contributed by atoms with Crippen molar-refractivity contribution < 1.29 is 0 Å². The zero-order valence-corrected chi connectivity index (χ0v) is 7.74. The Hall–Kier alpha value is -0.730. The monoisotopic (exact) mass is 179 g/mol. The van der Waals surface area contributed by atoms with Crippen LogP contribution >= 0.6 is 12.6 Å². The highest BCUT2D eigenvalue weighted by atomic mass is 32.1. The molecule has 1 rings (SSSR count). The van der Waals surface area contributed by atoms with E-state index >= 15 is 0 Å². The van der Waals surface area contributed by atoms with Gasteiger partial charge in [0.25, 0.3) is 0 Å². The van der Waals surface area contributed by atoms with Crippen LogP contribution in [0.1, 0.15) is 11.6 Å². The van der Waals surface area contributed by atoms with Crippen LogP contribution in [-0.2, 0) is 0 Å². The van der Waals surface area contributed by atoms with Crippen LogP contribution in [0.5, 0.6) is 0 Å². The first kappa shape index (κ1) is 9.36. The number of benzene rings is 1. The number of nitrogens with two attached hydrogens (primary N) is 1. The molecule has 1 nitrogen and oxygen atoms in total. The predicted octanol–water partition coefficient (Wildman–Crippen LogP) is 2.17. The van der Waals surface area contributed by atoms with E-state index < -0.39 is 0 Å². The smallest absolute Gasteiger partial charge is 0.0448 e. The van der Waals surface area contributed by atoms with Gasteiger partial charge in [-0.05, 0) is 5.56 Å². The van der Waals surface area contributed by atoms with Gasteiger partial charge in [-0.3, -0.25) is 0 Å². The maximum atomic E-state index is 5.90. The highest BCUT2D eigenvalue weighted by Gasteiger charge is 2.10. The zero-order chi connectivity index (χ0) is 8.97. The Morgan fingerprint density at radius 2 is 1.92 bits per heavy atom. The van der Waals surface area contributed by atoms with Gasteiger partial charge in [-0.2, -0.15) is 12.6 Å². The van der Waals surface area contributed by atoms with Gasteiger partial charge < -0.3 is 5.73 Å². The molecule has 2 atom stereocenters. The third kappa shape index (κ3) is 2.13. The average molecular weight is 179 g/mol. The molecular formula is C10H13NS. The summed E-state index contributed by atoms with van der Waals surface area (Å²) >= 11 is 4.29. The summed E-state index contributed by atoms with van der Waals surface area (Å²) in [7, 11) is 0. The zero-order valence-electron chi connectivity index (χ0n) is 6.85. The largest absolute Gasteiger partial charge is 0.323 e. The Kier molecular flexibility index (Phi) is 3.38. The highest BCUT2D eigenvalue weighted by Crippen LogP contribution is 2.18. The molecule has 0 fully saturated rings. The molecule has 2 heteroatoms. The molecule has 1 aromatic carbocycles. The van der Waals surface area contributed by atoms with Crippen LogP contribution in [-0.4, -0.2) is 5.25 Å². The lowest BCUT2D eigenvalue weighted by molar-refractivity contribution is 0.760. The van der Waals surface area contributed by atoms with E-state index in [0.717, 1.165) is 5.56 Å². The summed E-state index contributed by atoms with van der Waals surface area (Å²) in [6.45, 7) is 3.65. The SMILES string of the molecule is C=CC(S)C(N)c1ccccc1. The van der Waals surface area contributed by atoms with Crippen molar-refractivity contribution in [3.8, 4) is 0 Å². The first-order chi connectivity index (χ1) is 5.75. The van der Waals surface area contributed by atoms with Gasteiger partial charge in [0.1, 0.15) is 0 Å². The van der Waals surface area contributed by atoms with E-state index in [0.29, 0.717) is 0 Å². The molecule has 0 aliphatic heterocycles. The van der Waals surface area contributed by atoms with E-state index in [1.165, 1.54) is 0 Å². The second-order valence-corrected chi connectivity index (χ2v) is 3.26. The van der Waals surface area contributed by atoms with Crippen LogP contribution in [0.4, 0.5) is 0 Å². The summed E-state index contributed by atoms with van der Waals surface area (Å²) in [5.74, 6) is 0.